The van der Waals surface area contributed by atoms with Gasteiger partial charge in [-0.2, -0.15) is 0 Å². The molecule has 0 spiro atoms. The van der Waals surface area contributed by atoms with Crippen LogP contribution in [0.1, 0.15) is 66.1 Å². The number of hydrogen-bond donors (Lipinski definition) is 2. The molecule has 3 aliphatic rings. The van der Waals surface area contributed by atoms with Gasteiger partial charge in [0.25, 0.3) is 5.91 Å². The Morgan fingerprint density at radius 3 is 2.90 bits per heavy atom. The highest BCUT2D eigenvalue weighted by Crippen LogP contribution is 2.32. The lowest BCUT2D eigenvalue weighted by Gasteiger charge is -2.23. The maximum Gasteiger partial charge on any atom is 0.254 e. The van der Waals surface area contributed by atoms with Gasteiger partial charge in [0.15, 0.2) is 0 Å². The number of nitrogens with one attached hydrogen (secondary N) is 2. The first kappa shape index (κ1) is 25.8. The minimum Gasteiger partial charge on any atom is -0.381 e. The Kier molecular flexibility index (Phi) is 7.22. The molecule has 3 aromatic rings. The number of fused-ring (bicyclic) bond motifs is 2. The van der Waals surface area contributed by atoms with Crippen LogP contribution in [0.25, 0.3) is 11.3 Å². The molecule has 0 aliphatic carbocycles. The number of anilines is 1. The molecule has 2 aromatic heterocycles. The van der Waals surface area contributed by atoms with Crippen molar-refractivity contribution in [1.29, 1.82) is 0 Å². The Hall–Kier alpha value is -3.50. The number of ether oxygens (including phenoxy) is 1. The highest BCUT2D eigenvalue weighted by atomic mass is 35.5. The second-order valence-electron chi connectivity index (χ2n) is 10.5. The lowest BCUT2D eigenvalue weighted by Crippen LogP contribution is -2.38. The summed E-state index contributed by atoms with van der Waals surface area (Å²) in [5.41, 5.74) is 3.58. The summed E-state index contributed by atoms with van der Waals surface area (Å²) in [5, 5.41) is 6.78. The van der Waals surface area contributed by atoms with E-state index in [9.17, 15) is 9.59 Å². The fourth-order valence-corrected chi connectivity index (χ4v) is 5.68. The van der Waals surface area contributed by atoms with Crippen LogP contribution >= 0.6 is 11.6 Å². The highest BCUT2D eigenvalue weighted by Gasteiger charge is 2.30. The zero-order chi connectivity index (χ0) is 26.9. The zero-order valence-corrected chi connectivity index (χ0v) is 22.7. The summed E-state index contributed by atoms with van der Waals surface area (Å²) < 4.78 is 7.60. The molecule has 1 saturated heterocycles. The largest absolute Gasteiger partial charge is 0.381 e. The predicted molar refractivity (Wildman–Crippen MR) is 146 cm³/mol. The van der Waals surface area contributed by atoms with Crippen molar-refractivity contribution in [3.05, 3.63) is 58.3 Å². The molecule has 1 fully saturated rings. The molecular formula is C28H32ClN7O3. The molecular weight excluding hydrogens is 518 g/mol. The molecule has 3 aliphatic heterocycles. The van der Waals surface area contributed by atoms with Crippen LogP contribution in [0.5, 0.6) is 0 Å². The van der Waals surface area contributed by atoms with Crippen LogP contribution in [0, 0.1) is 0 Å². The molecule has 0 bridgehead atoms. The molecule has 1 atom stereocenters. The van der Waals surface area contributed by atoms with Crippen LogP contribution < -0.4 is 10.6 Å². The van der Waals surface area contributed by atoms with Crippen LogP contribution in [-0.4, -0.2) is 62.0 Å². The number of imidazole rings is 1. The van der Waals surface area contributed by atoms with Gasteiger partial charge in [-0.3, -0.25) is 9.59 Å². The van der Waals surface area contributed by atoms with Crippen molar-refractivity contribution in [3.8, 4) is 11.3 Å². The van der Waals surface area contributed by atoms with Gasteiger partial charge >= 0.3 is 0 Å². The third-order valence-electron chi connectivity index (χ3n) is 7.64. The van der Waals surface area contributed by atoms with Gasteiger partial charge in [-0.15, -0.1) is 0 Å². The third-order valence-corrected chi connectivity index (χ3v) is 7.92. The minimum atomic E-state index is -0.230. The smallest absolute Gasteiger partial charge is 0.254 e. The van der Waals surface area contributed by atoms with E-state index in [1.807, 2.05) is 25.3 Å². The van der Waals surface area contributed by atoms with Crippen molar-refractivity contribution in [2.45, 2.75) is 64.2 Å². The minimum absolute atomic E-state index is 0.0197. The van der Waals surface area contributed by atoms with Gasteiger partial charge in [-0.25, -0.2) is 15.0 Å². The Morgan fingerprint density at radius 2 is 2.08 bits per heavy atom. The average molecular weight is 550 g/mol. The zero-order valence-electron chi connectivity index (χ0n) is 22.0. The molecule has 1 unspecified atom stereocenters. The highest BCUT2D eigenvalue weighted by molar-refractivity contribution is 6.33. The maximum atomic E-state index is 13.3. The molecule has 6 rings (SSSR count). The Balaban J connectivity index is 1.12. The number of nitrogens with zero attached hydrogens (tertiary/aromatic N) is 5. The molecule has 11 heteroatoms. The van der Waals surface area contributed by atoms with Crippen LogP contribution in [0.15, 0.2) is 30.6 Å². The fraction of sp³-hybridized carbons (Fsp3) is 0.464. The maximum absolute atomic E-state index is 13.3. The lowest BCUT2D eigenvalue weighted by molar-refractivity contribution is -0.122. The standard InChI is InChI=1S/C28H32ClN7O3/c1-17(23-15-35-9-3-2-4-24(35)33-23)31-25(37)16-36-14-19-6-5-18(12-21(19)27(36)38)26-22(29)13-30-28(34-26)32-20-7-10-39-11-8-20/h5-6,12-13,15,17,20H,2-4,7-11,14,16H2,1H3,(H,31,37)(H,30,32,34). The molecule has 5 heterocycles. The van der Waals surface area contributed by atoms with E-state index < -0.39 is 0 Å². The summed E-state index contributed by atoms with van der Waals surface area (Å²) in [4.78, 5) is 41.4. The van der Waals surface area contributed by atoms with Crippen molar-refractivity contribution in [2.75, 3.05) is 25.1 Å². The summed E-state index contributed by atoms with van der Waals surface area (Å²) in [5.74, 6) is 1.18. The van der Waals surface area contributed by atoms with Crippen LogP contribution in [0.4, 0.5) is 5.95 Å². The number of carbonyl (C=O) groups is 2. The molecule has 10 nitrogen and oxygen atoms in total. The van der Waals surface area contributed by atoms with E-state index in [-0.39, 0.29) is 30.4 Å². The number of aromatic nitrogens is 4. The molecule has 204 valence electrons. The lowest BCUT2D eigenvalue weighted by atomic mass is 10.0. The number of hydrogen-bond acceptors (Lipinski definition) is 7. The van der Waals surface area contributed by atoms with E-state index in [1.165, 1.54) is 0 Å². The SMILES string of the molecule is CC(NC(=O)CN1Cc2ccc(-c3nc(NC4CCOCC4)ncc3Cl)cc2C1=O)c1cn2c(n1)CCCC2. The molecule has 39 heavy (non-hydrogen) atoms. The van der Waals surface area contributed by atoms with E-state index in [4.69, 9.17) is 21.3 Å². The van der Waals surface area contributed by atoms with Gasteiger partial charge in [0.05, 0.1) is 28.6 Å². The van der Waals surface area contributed by atoms with Crippen molar-refractivity contribution in [3.63, 3.8) is 0 Å². The van der Waals surface area contributed by atoms with Crippen molar-refractivity contribution < 1.29 is 14.3 Å². The normalized spacial score (nSPS) is 18.0. The average Bonchev–Trinajstić information content (AvgIpc) is 3.51. The monoisotopic (exact) mass is 549 g/mol. The summed E-state index contributed by atoms with van der Waals surface area (Å²) in [6.45, 7) is 4.68. The number of carbonyl (C=O) groups excluding carboxylic acids is 2. The molecule has 0 radical (unpaired) electrons. The Bertz CT molecular complexity index is 1380. The van der Waals surface area contributed by atoms with Gasteiger partial charge in [-0.1, -0.05) is 23.7 Å². The second-order valence-corrected chi connectivity index (χ2v) is 10.9. The molecule has 1 aromatic carbocycles. The molecule has 2 amide bonds. The first-order chi connectivity index (χ1) is 18.9. The first-order valence-corrected chi connectivity index (χ1v) is 14.0. The Morgan fingerprint density at radius 1 is 1.23 bits per heavy atom. The van der Waals surface area contributed by atoms with Crippen molar-refractivity contribution in [2.24, 2.45) is 0 Å². The predicted octanol–water partition coefficient (Wildman–Crippen LogP) is 3.75. The number of aryl methyl sites for hydroxylation is 2. The van der Waals surface area contributed by atoms with Gasteiger partial charge < -0.3 is 24.8 Å². The molecule has 2 N–H and O–H groups in total. The number of amides is 2. The topological polar surface area (TPSA) is 114 Å². The van der Waals surface area contributed by atoms with Crippen LogP contribution in [0.2, 0.25) is 5.02 Å². The van der Waals surface area contributed by atoms with Crippen LogP contribution in [0.3, 0.4) is 0 Å². The number of rotatable bonds is 7. The number of halogens is 1. The fourth-order valence-electron chi connectivity index (χ4n) is 5.48. The van der Waals surface area contributed by atoms with Gasteiger partial charge in [0.2, 0.25) is 11.9 Å². The van der Waals surface area contributed by atoms with Gasteiger partial charge in [0, 0.05) is 56.1 Å². The van der Waals surface area contributed by atoms with Crippen molar-refractivity contribution >= 4 is 29.4 Å². The third kappa shape index (κ3) is 5.49. The van der Waals surface area contributed by atoms with E-state index in [0.717, 1.165) is 61.3 Å². The molecule has 0 saturated carbocycles. The van der Waals surface area contributed by atoms with Crippen LogP contribution in [-0.2, 0) is 29.0 Å². The van der Waals surface area contributed by atoms with E-state index in [0.29, 0.717) is 42.0 Å². The first-order valence-electron chi connectivity index (χ1n) is 13.6. The quantitative estimate of drug-likeness (QED) is 0.461. The van der Waals surface area contributed by atoms with E-state index in [1.54, 1.807) is 17.2 Å². The Labute approximate surface area is 232 Å². The summed E-state index contributed by atoms with van der Waals surface area (Å²) in [6.07, 6.45) is 8.66. The second kappa shape index (κ2) is 10.9. The number of benzene rings is 1. The summed E-state index contributed by atoms with van der Waals surface area (Å²) >= 11 is 6.46. The van der Waals surface area contributed by atoms with Gasteiger partial charge in [-0.05, 0) is 44.2 Å². The van der Waals surface area contributed by atoms with E-state index >= 15 is 0 Å². The van der Waals surface area contributed by atoms with Crippen molar-refractivity contribution in [1.82, 2.24) is 29.7 Å². The van der Waals surface area contributed by atoms with Gasteiger partial charge in [0.1, 0.15) is 12.4 Å². The summed E-state index contributed by atoms with van der Waals surface area (Å²) in [7, 11) is 0. The summed E-state index contributed by atoms with van der Waals surface area (Å²) in [6, 6.07) is 5.63. The van der Waals surface area contributed by atoms with E-state index in [2.05, 4.69) is 25.2 Å².